The van der Waals surface area contributed by atoms with Crippen LogP contribution in [0.4, 0.5) is 5.13 Å². The average Bonchev–Trinajstić information content (AvgIpc) is 2.80. The van der Waals surface area contributed by atoms with Crippen molar-refractivity contribution in [3.8, 4) is 0 Å². The lowest BCUT2D eigenvalue weighted by molar-refractivity contribution is -0.115. The number of aromatic nitrogens is 1. The van der Waals surface area contributed by atoms with Crippen LogP contribution in [0.15, 0.2) is 24.3 Å². The summed E-state index contributed by atoms with van der Waals surface area (Å²) in [7, 11) is 0. The van der Waals surface area contributed by atoms with E-state index in [2.05, 4.69) is 10.3 Å². The molecule has 0 aliphatic carbocycles. The summed E-state index contributed by atoms with van der Waals surface area (Å²) in [4.78, 5) is 17.6. The molecule has 0 bridgehead atoms. The Hall–Kier alpha value is -1.72. The van der Waals surface area contributed by atoms with E-state index in [1.54, 1.807) is 0 Å². The first-order valence-corrected chi connectivity index (χ1v) is 7.44. The van der Waals surface area contributed by atoms with Gasteiger partial charge in [0, 0.05) is 6.42 Å². The summed E-state index contributed by atoms with van der Waals surface area (Å²) in [6.07, 6.45) is 1.21. The fraction of sp³-hybridized carbons (Fsp3) is 0.333. The molecule has 0 spiro atoms. The number of amides is 1. The van der Waals surface area contributed by atoms with Gasteiger partial charge in [0.15, 0.2) is 5.13 Å². The van der Waals surface area contributed by atoms with Crippen molar-refractivity contribution in [3.63, 3.8) is 0 Å². The zero-order valence-electron chi connectivity index (χ0n) is 11.3. The SMILES string of the molecule is Cc1cccc(CC(=O)Nc2nc3c(s2)COCC3)c1. The van der Waals surface area contributed by atoms with E-state index < -0.39 is 0 Å². The number of hydrogen-bond acceptors (Lipinski definition) is 4. The largest absolute Gasteiger partial charge is 0.375 e. The Bertz CT molecular complexity index is 613. The third kappa shape index (κ3) is 3.05. The Kier molecular flexibility index (Phi) is 3.80. The molecule has 0 fully saturated rings. The highest BCUT2D eigenvalue weighted by molar-refractivity contribution is 7.15. The summed E-state index contributed by atoms with van der Waals surface area (Å²) in [6, 6.07) is 7.99. The van der Waals surface area contributed by atoms with Crippen molar-refractivity contribution in [1.29, 1.82) is 0 Å². The van der Waals surface area contributed by atoms with Crippen molar-refractivity contribution >= 4 is 22.4 Å². The molecule has 20 heavy (non-hydrogen) atoms. The predicted octanol–water partition coefficient (Wildman–Crippen LogP) is 2.71. The van der Waals surface area contributed by atoms with Gasteiger partial charge >= 0.3 is 0 Å². The van der Waals surface area contributed by atoms with Crippen molar-refractivity contribution in [1.82, 2.24) is 4.98 Å². The molecular formula is C15H16N2O2S. The summed E-state index contributed by atoms with van der Waals surface area (Å²) in [5.41, 5.74) is 3.25. The van der Waals surface area contributed by atoms with Gasteiger partial charge in [-0.1, -0.05) is 41.2 Å². The topological polar surface area (TPSA) is 51.2 Å². The Morgan fingerprint density at radius 2 is 2.40 bits per heavy atom. The van der Waals surface area contributed by atoms with Crippen LogP contribution in [0, 0.1) is 6.92 Å². The van der Waals surface area contributed by atoms with Crippen molar-refractivity contribution in [3.05, 3.63) is 46.0 Å². The van der Waals surface area contributed by atoms with Gasteiger partial charge in [-0.2, -0.15) is 0 Å². The molecule has 1 aliphatic heterocycles. The molecule has 104 valence electrons. The van der Waals surface area contributed by atoms with Gasteiger partial charge in [-0.05, 0) is 12.5 Å². The fourth-order valence-electron chi connectivity index (χ4n) is 2.25. The zero-order chi connectivity index (χ0) is 13.9. The molecule has 0 radical (unpaired) electrons. The number of hydrogen-bond donors (Lipinski definition) is 1. The smallest absolute Gasteiger partial charge is 0.230 e. The van der Waals surface area contributed by atoms with Gasteiger partial charge in [-0.3, -0.25) is 4.79 Å². The molecule has 4 nitrogen and oxygen atoms in total. The van der Waals surface area contributed by atoms with Crippen molar-refractivity contribution in [2.75, 3.05) is 11.9 Å². The Balaban J connectivity index is 1.65. The van der Waals surface area contributed by atoms with Crippen LogP contribution < -0.4 is 5.32 Å². The Labute approximate surface area is 121 Å². The van der Waals surface area contributed by atoms with Crippen molar-refractivity contribution in [2.24, 2.45) is 0 Å². The summed E-state index contributed by atoms with van der Waals surface area (Å²) >= 11 is 1.51. The molecule has 5 heteroatoms. The van der Waals surface area contributed by atoms with Crippen LogP contribution >= 0.6 is 11.3 Å². The molecular weight excluding hydrogens is 272 g/mol. The quantitative estimate of drug-likeness (QED) is 0.944. The molecule has 1 amide bonds. The predicted molar refractivity (Wildman–Crippen MR) is 79.0 cm³/mol. The number of anilines is 1. The fourth-order valence-corrected chi connectivity index (χ4v) is 3.21. The first-order valence-electron chi connectivity index (χ1n) is 6.62. The molecule has 1 aromatic heterocycles. The van der Waals surface area contributed by atoms with E-state index in [-0.39, 0.29) is 5.91 Å². The third-order valence-electron chi connectivity index (χ3n) is 3.19. The number of carbonyl (C=O) groups is 1. The molecule has 2 heterocycles. The minimum Gasteiger partial charge on any atom is -0.375 e. The maximum absolute atomic E-state index is 12.0. The number of rotatable bonds is 3. The Morgan fingerprint density at radius 1 is 1.50 bits per heavy atom. The molecule has 0 unspecified atom stereocenters. The maximum Gasteiger partial charge on any atom is 0.230 e. The van der Waals surface area contributed by atoms with Crippen LogP contribution in [0.25, 0.3) is 0 Å². The summed E-state index contributed by atoms with van der Waals surface area (Å²) in [5, 5.41) is 3.56. The maximum atomic E-state index is 12.0. The van der Waals surface area contributed by atoms with E-state index in [4.69, 9.17) is 4.74 Å². The van der Waals surface area contributed by atoms with Gasteiger partial charge in [0.2, 0.25) is 5.91 Å². The summed E-state index contributed by atoms with van der Waals surface area (Å²) < 4.78 is 5.38. The molecule has 1 aliphatic rings. The minimum atomic E-state index is -0.0254. The van der Waals surface area contributed by atoms with E-state index in [1.807, 2.05) is 31.2 Å². The number of fused-ring (bicyclic) bond motifs is 1. The normalized spacial score (nSPS) is 13.8. The highest BCUT2D eigenvalue weighted by atomic mass is 32.1. The molecule has 0 saturated carbocycles. The first kappa shape index (κ1) is 13.3. The highest BCUT2D eigenvalue weighted by Crippen LogP contribution is 2.27. The van der Waals surface area contributed by atoms with Crippen LogP contribution in [0.5, 0.6) is 0 Å². The molecule has 2 aromatic rings. The van der Waals surface area contributed by atoms with Crippen LogP contribution in [0.3, 0.4) is 0 Å². The van der Waals surface area contributed by atoms with E-state index in [9.17, 15) is 4.79 Å². The van der Waals surface area contributed by atoms with Crippen LogP contribution in [0.1, 0.15) is 21.7 Å². The van der Waals surface area contributed by atoms with Gasteiger partial charge in [0.05, 0.1) is 30.2 Å². The van der Waals surface area contributed by atoms with Crippen LogP contribution in [-0.2, 0) is 29.0 Å². The van der Waals surface area contributed by atoms with Gasteiger partial charge in [0.25, 0.3) is 0 Å². The Morgan fingerprint density at radius 3 is 3.20 bits per heavy atom. The molecule has 1 N–H and O–H groups in total. The third-order valence-corrected chi connectivity index (χ3v) is 4.17. The zero-order valence-corrected chi connectivity index (χ0v) is 12.1. The second-order valence-electron chi connectivity index (χ2n) is 4.91. The van der Waals surface area contributed by atoms with Crippen LogP contribution in [0.2, 0.25) is 0 Å². The first-order chi connectivity index (χ1) is 9.70. The molecule has 3 rings (SSSR count). The number of nitrogens with one attached hydrogen (secondary N) is 1. The number of thiazole rings is 1. The minimum absolute atomic E-state index is 0.0254. The number of nitrogens with zero attached hydrogens (tertiary/aromatic N) is 1. The monoisotopic (exact) mass is 288 g/mol. The standard InChI is InChI=1S/C15H16N2O2S/c1-10-3-2-4-11(7-10)8-14(18)17-15-16-12-5-6-19-9-13(12)20-15/h2-4,7H,5-6,8-9H2,1H3,(H,16,17,18). The highest BCUT2D eigenvalue weighted by Gasteiger charge is 2.16. The molecule has 0 saturated heterocycles. The molecule has 0 atom stereocenters. The van der Waals surface area contributed by atoms with Gasteiger partial charge in [-0.15, -0.1) is 0 Å². The lowest BCUT2D eigenvalue weighted by Gasteiger charge is -2.08. The average molecular weight is 288 g/mol. The van der Waals surface area contributed by atoms with E-state index >= 15 is 0 Å². The summed E-state index contributed by atoms with van der Waals surface area (Å²) in [6.45, 7) is 3.35. The second-order valence-corrected chi connectivity index (χ2v) is 5.99. The number of benzene rings is 1. The van der Waals surface area contributed by atoms with Gasteiger partial charge in [-0.25, -0.2) is 4.98 Å². The van der Waals surface area contributed by atoms with Gasteiger partial charge < -0.3 is 10.1 Å². The molecule has 1 aromatic carbocycles. The lowest BCUT2D eigenvalue weighted by atomic mass is 10.1. The van der Waals surface area contributed by atoms with Crippen molar-refractivity contribution in [2.45, 2.75) is 26.4 Å². The lowest BCUT2D eigenvalue weighted by Crippen LogP contribution is -2.14. The number of ether oxygens (including phenoxy) is 1. The van der Waals surface area contributed by atoms with E-state index in [1.165, 1.54) is 11.3 Å². The van der Waals surface area contributed by atoms with Crippen molar-refractivity contribution < 1.29 is 9.53 Å². The summed E-state index contributed by atoms with van der Waals surface area (Å²) in [5.74, 6) is -0.0254. The second kappa shape index (κ2) is 5.73. The number of aryl methyl sites for hydroxylation is 1. The van der Waals surface area contributed by atoms with Crippen LogP contribution in [-0.4, -0.2) is 17.5 Å². The number of carbonyl (C=O) groups excluding carboxylic acids is 1. The van der Waals surface area contributed by atoms with E-state index in [0.29, 0.717) is 24.8 Å². The van der Waals surface area contributed by atoms with Gasteiger partial charge in [0.1, 0.15) is 0 Å². The van der Waals surface area contributed by atoms with E-state index in [0.717, 1.165) is 28.1 Å².